The van der Waals surface area contributed by atoms with Gasteiger partial charge in [-0.2, -0.15) is 0 Å². The normalized spacial score (nSPS) is 14.7. The summed E-state index contributed by atoms with van der Waals surface area (Å²) < 4.78 is 0. The van der Waals surface area contributed by atoms with Crippen molar-refractivity contribution in [3.8, 4) is 0 Å². The molecule has 2 N–H and O–H groups in total. The minimum absolute atomic E-state index is 0.0235. The summed E-state index contributed by atoms with van der Waals surface area (Å²) in [6.07, 6.45) is 5.33. The van der Waals surface area contributed by atoms with Crippen LogP contribution in [0.25, 0.3) is 0 Å². The zero-order chi connectivity index (χ0) is 16.9. The topological polar surface area (TPSA) is 63.4 Å². The van der Waals surface area contributed by atoms with Crippen molar-refractivity contribution in [2.45, 2.75) is 38.1 Å². The lowest BCUT2D eigenvalue weighted by Gasteiger charge is -2.28. The van der Waals surface area contributed by atoms with Crippen LogP contribution in [0.5, 0.6) is 0 Å². The predicted octanol–water partition coefficient (Wildman–Crippen LogP) is 3.47. The minimum Gasteiger partial charge on any atom is -0.365 e. The number of rotatable bonds is 6. The number of carbonyl (C=O) groups excluding carboxylic acids is 2. The maximum Gasteiger partial charge on any atom is 0.264 e. The lowest BCUT2D eigenvalue weighted by Crippen LogP contribution is -2.40. The molecule has 1 fully saturated rings. The van der Waals surface area contributed by atoms with Crippen molar-refractivity contribution in [3.63, 3.8) is 0 Å². The molecule has 0 bridgehead atoms. The Morgan fingerprint density at radius 1 is 1.04 bits per heavy atom. The fourth-order valence-corrected chi connectivity index (χ4v) is 4.10. The zero-order valence-electron chi connectivity index (χ0n) is 13.6. The van der Waals surface area contributed by atoms with E-state index in [-0.39, 0.29) is 5.91 Å². The third-order valence-corrected chi connectivity index (χ3v) is 5.66. The van der Waals surface area contributed by atoms with E-state index in [9.17, 15) is 9.59 Å². The first kappa shape index (κ1) is 16.7. The highest BCUT2D eigenvalue weighted by Crippen LogP contribution is 2.27. The summed E-state index contributed by atoms with van der Waals surface area (Å²) in [7, 11) is 0. The Labute approximate surface area is 146 Å². The van der Waals surface area contributed by atoms with Crippen molar-refractivity contribution >= 4 is 23.2 Å². The van der Waals surface area contributed by atoms with Gasteiger partial charge in [0.1, 0.15) is 0 Å². The van der Waals surface area contributed by atoms with E-state index in [0.717, 1.165) is 19.3 Å². The van der Waals surface area contributed by atoms with Crippen molar-refractivity contribution in [3.05, 3.63) is 57.8 Å². The van der Waals surface area contributed by atoms with Crippen molar-refractivity contribution in [1.29, 1.82) is 0 Å². The minimum atomic E-state index is -0.476. The number of amides is 2. The maximum absolute atomic E-state index is 13.0. The quantitative estimate of drug-likeness (QED) is 0.873. The van der Waals surface area contributed by atoms with Crippen LogP contribution in [0.3, 0.4) is 0 Å². The standard InChI is InChI=1S/C19H22N2O2S/c20-18(22)16-10-11-17(24-16)19(23)21(15-8-4-5-9-15)13-12-14-6-2-1-3-7-14/h1-3,6-7,10-11,15H,4-5,8-9,12-13H2,(H2,20,22). The molecule has 0 spiro atoms. The molecular formula is C19H22N2O2S. The van der Waals surface area contributed by atoms with Gasteiger partial charge in [0.25, 0.3) is 11.8 Å². The van der Waals surface area contributed by atoms with Crippen LogP contribution in [0.2, 0.25) is 0 Å². The molecule has 0 saturated heterocycles. The number of hydrogen-bond acceptors (Lipinski definition) is 3. The van der Waals surface area contributed by atoms with Crippen molar-refractivity contribution < 1.29 is 9.59 Å². The Kier molecular flexibility index (Phi) is 5.30. The molecule has 1 aromatic heterocycles. The summed E-state index contributed by atoms with van der Waals surface area (Å²) in [5.74, 6) is -0.453. The van der Waals surface area contributed by atoms with E-state index in [2.05, 4.69) is 12.1 Å². The van der Waals surface area contributed by atoms with Crippen molar-refractivity contribution in [2.24, 2.45) is 5.73 Å². The number of nitrogens with two attached hydrogens (primary N) is 1. The van der Waals surface area contributed by atoms with E-state index < -0.39 is 5.91 Å². The van der Waals surface area contributed by atoms with E-state index in [1.165, 1.54) is 29.7 Å². The van der Waals surface area contributed by atoms with Gasteiger partial charge in [-0.15, -0.1) is 11.3 Å². The number of hydrogen-bond donors (Lipinski definition) is 1. The van der Waals surface area contributed by atoms with Crippen LogP contribution in [-0.4, -0.2) is 29.3 Å². The predicted molar refractivity (Wildman–Crippen MR) is 96.3 cm³/mol. The average Bonchev–Trinajstić information content (AvgIpc) is 3.28. The first-order chi connectivity index (χ1) is 11.6. The molecule has 126 valence electrons. The third-order valence-electron chi connectivity index (χ3n) is 4.57. The van der Waals surface area contributed by atoms with Crippen molar-refractivity contribution in [2.75, 3.05) is 6.54 Å². The van der Waals surface area contributed by atoms with Crippen molar-refractivity contribution in [1.82, 2.24) is 4.90 Å². The van der Waals surface area contributed by atoms with E-state index >= 15 is 0 Å². The van der Waals surface area contributed by atoms with Gasteiger partial charge >= 0.3 is 0 Å². The summed E-state index contributed by atoms with van der Waals surface area (Å²) in [5, 5.41) is 0. The van der Waals surface area contributed by atoms with Crippen LogP contribution >= 0.6 is 11.3 Å². The molecule has 1 aromatic carbocycles. The van der Waals surface area contributed by atoms with E-state index in [0.29, 0.717) is 22.3 Å². The van der Waals surface area contributed by atoms with E-state index in [1.807, 2.05) is 23.1 Å². The second-order valence-electron chi connectivity index (χ2n) is 6.20. The van der Waals surface area contributed by atoms with Gasteiger partial charge in [0.05, 0.1) is 9.75 Å². The van der Waals surface area contributed by atoms with Crippen LogP contribution in [0.4, 0.5) is 0 Å². The molecule has 0 atom stereocenters. The van der Waals surface area contributed by atoms with E-state index in [1.54, 1.807) is 12.1 Å². The van der Waals surface area contributed by atoms with Crippen LogP contribution in [0.15, 0.2) is 42.5 Å². The molecule has 1 heterocycles. The maximum atomic E-state index is 13.0. The van der Waals surface area contributed by atoms with Gasteiger partial charge in [0, 0.05) is 12.6 Å². The molecule has 0 unspecified atom stereocenters. The Morgan fingerprint density at radius 3 is 2.33 bits per heavy atom. The van der Waals surface area contributed by atoms with Crippen LogP contribution < -0.4 is 5.73 Å². The molecule has 2 amide bonds. The second kappa shape index (κ2) is 7.62. The molecule has 1 aliphatic carbocycles. The van der Waals surface area contributed by atoms with Crippen LogP contribution in [0.1, 0.15) is 50.6 Å². The number of nitrogens with zero attached hydrogens (tertiary/aromatic N) is 1. The SMILES string of the molecule is NC(=O)c1ccc(C(=O)N(CCc2ccccc2)C2CCCC2)s1. The Morgan fingerprint density at radius 2 is 1.71 bits per heavy atom. The Balaban J connectivity index is 1.75. The Hall–Kier alpha value is -2.14. The number of primary amides is 1. The summed E-state index contributed by atoms with van der Waals surface area (Å²) >= 11 is 1.19. The van der Waals surface area contributed by atoms with Crippen LogP contribution in [-0.2, 0) is 6.42 Å². The largest absolute Gasteiger partial charge is 0.365 e. The lowest BCUT2D eigenvalue weighted by molar-refractivity contribution is 0.0689. The summed E-state index contributed by atoms with van der Waals surface area (Å²) in [5.41, 5.74) is 6.54. The second-order valence-corrected chi connectivity index (χ2v) is 7.28. The van der Waals surface area contributed by atoms with E-state index in [4.69, 9.17) is 5.73 Å². The molecule has 0 aliphatic heterocycles. The first-order valence-corrected chi connectivity index (χ1v) is 9.21. The van der Waals surface area contributed by atoms with Gasteiger partial charge in [0.2, 0.25) is 0 Å². The molecule has 24 heavy (non-hydrogen) atoms. The summed E-state index contributed by atoms with van der Waals surface area (Å²) in [6.45, 7) is 0.706. The van der Waals surface area contributed by atoms with Gasteiger partial charge in [-0.1, -0.05) is 43.2 Å². The molecular weight excluding hydrogens is 320 g/mol. The monoisotopic (exact) mass is 342 g/mol. The summed E-state index contributed by atoms with van der Waals surface area (Å²) in [4.78, 5) is 27.3. The summed E-state index contributed by atoms with van der Waals surface area (Å²) in [6, 6.07) is 13.9. The van der Waals surface area contributed by atoms with Gasteiger partial charge in [-0.05, 0) is 37.0 Å². The van der Waals surface area contributed by atoms with Gasteiger partial charge in [0.15, 0.2) is 0 Å². The molecule has 1 aliphatic rings. The lowest BCUT2D eigenvalue weighted by atomic mass is 10.1. The number of carbonyl (C=O) groups is 2. The smallest absolute Gasteiger partial charge is 0.264 e. The molecule has 5 heteroatoms. The molecule has 4 nitrogen and oxygen atoms in total. The third kappa shape index (κ3) is 3.85. The number of thiophene rings is 1. The highest BCUT2D eigenvalue weighted by Gasteiger charge is 2.28. The first-order valence-electron chi connectivity index (χ1n) is 8.39. The van der Waals surface area contributed by atoms with Gasteiger partial charge < -0.3 is 10.6 Å². The average molecular weight is 342 g/mol. The number of benzene rings is 1. The fourth-order valence-electron chi connectivity index (χ4n) is 3.29. The molecule has 2 aromatic rings. The molecule has 1 saturated carbocycles. The highest BCUT2D eigenvalue weighted by molar-refractivity contribution is 7.15. The fraction of sp³-hybridized carbons (Fsp3) is 0.368. The van der Waals surface area contributed by atoms with Gasteiger partial charge in [-0.3, -0.25) is 9.59 Å². The molecule has 0 radical (unpaired) electrons. The molecule has 3 rings (SSSR count). The van der Waals surface area contributed by atoms with Gasteiger partial charge in [-0.25, -0.2) is 0 Å². The highest BCUT2D eigenvalue weighted by atomic mass is 32.1. The Bertz CT molecular complexity index is 705. The zero-order valence-corrected chi connectivity index (χ0v) is 14.4. The van der Waals surface area contributed by atoms with Crippen LogP contribution in [0, 0.1) is 0 Å².